The Hall–Kier alpha value is -2.17. The highest BCUT2D eigenvalue weighted by Crippen LogP contribution is 2.05. The van der Waals surface area contributed by atoms with Crippen molar-refractivity contribution in [3.8, 4) is 0 Å². The van der Waals surface area contributed by atoms with E-state index in [0.717, 1.165) is 11.3 Å². The smallest absolute Gasteiger partial charge is 0.307 e. The van der Waals surface area contributed by atoms with Crippen molar-refractivity contribution in [1.82, 2.24) is 9.88 Å². The van der Waals surface area contributed by atoms with Gasteiger partial charge in [-0.25, -0.2) is 0 Å². The van der Waals surface area contributed by atoms with E-state index < -0.39 is 0 Å². The first-order valence-corrected chi connectivity index (χ1v) is 6.43. The molecule has 0 aromatic carbocycles. The van der Waals surface area contributed by atoms with Crippen LogP contribution in [0.1, 0.15) is 26.0 Å². The van der Waals surface area contributed by atoms with E-state index in [9.17, 15) is 9.59 Å². The van der Waals surface area contributed by atoms with Crippen molar-refractivity contribution in [2.45, 2.75) is 26.8 Å². The van der Waals surface area contributed by atoms with Gasteiger partial charge in [0, 0.05) is 18.8 Å². The number of rotatable bonds is 6. The van der Waals surface area contributed by atoms with Gasteiger partial charge < -0.3 is 9.64 Å². The molecule has 1 heterocycles. The first-order chi connectivity index (χ1) is 9.52. The third-order valence-electron chi connectivity index (χ3n) is 2.62. The maximum absolute atomic E-state index is 12.1. The van der Waals surface area contributed by atoms with Gasteiger partial charge in [-0.2, -0.15) is 0 Å². The maximum atomic E-state index is 12.1. The lowest BCUT2D eigenvalue weighted by Crippen LogP contribution is -2.32. The number of carbonyl (C=O) groups is 2. The Morgan fingerprint density at radius 1 is 1.35 bits per heavy atom. The van der Waals surface area contributed by atoms with Gasteiger partial charge >= 0.3 is 5.97 Å². The van der Waals surface area contributed by atoms with Crippen LogP contribution in [0.2, 0.25) is 0 Å². The van der Waals surface area contributed by atoms with Crippen LogP contribution in [0.4, 0.5) is 0 Å². The molecule has 0 atom stereocenters. The van der Waals surface area contributed by atoms with Crippen molar-refractivity contribution in [1.29, 1.82) is 0 Å². The molecule has 5 heteroatoms. The second-order valence-corrected chi connectivity index (χ2v) is 4.63. The molecule has 0 saturated carbocycles. The van der Waals surface area contributed by atoms with Gasteiger partial charge in [-0.15, -0.1) is 0 Å². The third kappa shape index (κ3) is 5.65. The van der Waals surface area contributed by atoms with Crippen molar-refractivity contribution >= 4 is 11.9 Å². The van der Waals surface area contributed by atoms with Gasteiger partial charge in [-0.05, 0) is 26.0 Å². The number of aromatic nitrogens is 1. The Kier molecular flexibility index (Phi) is 6.43. The molecule has 0 aliphatic carbocycles. The van der Waals surface area contributed by atoms with Gasteiger partial charge in [0.25, 0.3) is 0 Å². The summed E-state index contributed by atoms with van der Waals surface area (Å²) in [5.74, 6) is -0.458. The Morgan fingerprint density at radius 2 is 2.10 bits per heavy atom. The summed E-state index contributed by atoms with van der Waals surface area (Å²) >= 11 is 0. The number of allylic oxidation sites excluding steroid dienone is 1. The van der Waals surface area contributed by atoms with Crippen molar-refractivity contribution < 1.29 is 14.3 Å². The van der Waals surface area contributed by atoms with E-state index in [1.165, 1.54) is 7.11 Å². The van der Waals surface area contributed by atoms with Crippen LogP contribution in [0.3, 0.4) is 0 Å². The summed E-state index contributed by atoms with van der Waals surface area (Å²) in [5.41, 5.74) is 1.70. The largest absolute Gasteiger partial charge is 0.469 e. The van der Waals surface area contributed by atoms with Crippen LogP contribution >= 0.6 is 0 Å². The van der Waals surface area contributed by atoms with E-state index in [-0.39, 0.29) is 18.3 Å². The highest BCUT2D eigenvalue weighted by atomic mass is 16.5. The van der Waals surface area contributed by atoms with Gasteiger partial charge in [0.05, 0.1) is 25.8 Å². The van der Waals surface area contributed by atoms with Crippen molar-refractivity contribution in [3.05, 3.63) is 41.7 Å². The van der Waals surface area contributed by atoms with Gasteiger partial charge in [-0.1, -0.05) is 11.6 Å². The second kappa shape index (κ2) is 8.09. The van der Waals surface area contributed by atoms with Gasteiger partial charge in [0.1, 0.15) is 0 Å². The normalized spacial score (nSPS) is 9.75. The summed E-state index contributed by atoms with van der Waals surface area (Å²) < 4.78 is 4.60. The van der Waals surface area contributed by atoms with Crippen LogP contribution < -0.4 is 0 Å². The van der Waals surface area contributed by atoms with E-state index >= 15 is 0 Å². The molecule has 20 heavy (non-hydrogen) atoms. The number of hydrogen-bond acceptors (Lipinski definition) is 4. The van der Waals surface area contributed by atoms with E-state index in [2.05, 4.69) is 9.72 Å². The molecule has 1 rings (SSSR count). The third-order valence-corrected chi connectivity index (χ3v) is 2.62. The van der Waals surface area contributed by atoms with Crippen LogP contribution in [0.25, 0.3) is 0 Å². The summed E-state index contributed by atoms with van der Waals surface area (Å²) in [4.78, 5) is 29.1. The molecule has 0 fully saturated rings. The molecule has 0 spiro atoms. The second-order valence-electron chi connectivity index (χ2n) is 4.63. The molecule has 5 nitrogen and oxygen atoms in total. The van der Waals surface area contributed by atoms with Crippen molar-refractivity contribution in [3.63, 3.8) is 0 Å². The molecule has 0 unspecified atom stereocenters. The van der Waals surface area contributed by atoms with Crippen molar-refractivity contribution in [2.75, 3.05) is 13.7 Å². The first kappa shape index (κ1) is 15.9. The fourth-order valence-electron chi connectivity index (χ4n) is 1.62. The molecule has 0 bridgehead atoms. The quantitative estimate of drug-likeness (QED) is 0.588. The lowest BCUT2D eigenvalue weighted by molar-refractivity contribution is -0.141. The van der Waals surface area contributed by atoms with E-state index in [0.29, 0.717) is 13.1 Å². The molecule has 1 aromatic rings. The average Bonchev–Trinajstić information content (AvgIpc) is 2.43. The van der Waals surface area contributed by atoms with Crippen LogP contribution in [0.15, 0.2) is 36.0 Å². The number of carbonyl (C=O) groups excluding carboxylic acids is 2. The number of pyridine rings is 1. The predicted octanol–water partition coefficient (Wildman–Crippen LogP) is 1.94. The zero-order valence-electron chi connectivity index (χ0n) is 12.1. The summed E-state index contributed by atoms with van der Waals surface area (Å²) in [5, 5.41) is 0. The Bertz CT molecular complexity index is 479. The lowest BCUT2D eigenvalue weighted by Gasteiger charge is -2.20. The minimum absolute atomic E-state index is 0.125. The zero-order chi connectivity index (χ0) is 15.0. The predicted molar refractivity (Wildman–Crippen MR) is 75.7 cm³/mol. The fourth-order valence-corrected chi connectivity index (χ4v) is 1.62. The number of nitrogens with zero attached hydrogens (tertiary/aromatic N) is 2. The number of ether oxygens (including phenoxy) is 1. The summed E-state index contributed by atoms with van der Waals surface area (Å²) in [6.45, 7) is 4.40. The molecule has 1 amide bonds. The van der Waals surface area contributed by atoms with Crippen molar-refractivity contribution in [2.24, 2.45) is 0 Å². The van der Waals surface area contributed by atoms with Crippen LogP contribution in [0.5, 0.6) is 0 Å². The lowest BCUT2D eigenvalue weighted by atomic mass is 10.2. The number of esters is 1. The number of methoxy groups -OCH3 is 1. The minimum atomic E-state index is -0.332. The Labute approximate surface area is 119 Å². The fraction of sp³-hybridized carbons (Fsp3) is 0.400. The molecule has 0 saturated heterocycles. The molecular weight excluding hydrogens is 256 g/mol. The highest BCUT2D eigenvalue weighted by molar-refractivity contribution is 5.88. The van der Waals surface area contributed by atoms with Gasteiger partial charge in [-0.3, -0.25) is 14.6 Å². The molecule has 108 valence electrons. The SMILES string of the molecule is COC(=O)CCN(Cc1ccccn1)C(=O)C=C(C)C. The molecule has 1 aromatic heterocycles. The first-order valence-electron chi connectivity index (χ1n) is 6.43. The van der Waals surface area contributed by atoms with Crippen LogP contribution in [-0.2, 0) is 20.9 Å². The zero-order valence-corrected chi connectivity index (χ0v) is 12.1. The van der Waals surface area contributed by atoms with Crippen LogP contribution in [-0.4, -0.2) is 35.4 Å². The number of hydrogen-bond donors (Lipinski definition) is 0. The van der Waals surface area contributed by atoms with E-state index in [1.54, 1.807) is 17.2 Å². The monoisotopic (exact) mass is 276 g/mol. The molecule has 0 radical (unpaired) electrons. The van der Waals surface area contributed by atoms with Crippen LogP contribution in [0, 0.1) is 0 Å². The van der Waals surface area contributed by atoms with Gasteiger partial charge in [0.2, 0.25) is 5.91 Å². The summed E-state index contributed by atoms with van der Waals surface area (Å²) in [7, 11) is 1.34. The average molecular weight is 276 g/mol. The highest BCUT2D eigenvalue weighted by Gasteiger charge is 2.14. The Morgan fingerprint density at radius 3 is 2.65 bits per heavy atom. The number of amides is 1. The molecular formula is C15H20N2O3. The topological polar surface area (TPSA) is 59.5 Å². The summed E-state index contributed by atoms with van der Waals surface area (Å²) in [6, 6.07) is 5.54. The molecule has 0 N–H and O–H groups in total. The van der Waals surface area contributed by atoms with E-state index in [4.69, 9.17) is 0 Å². The maximum Gasteiger partial charge on any atom is 0.307 e. The Balaban J connectivity index is 2.76. The van der Waals surface area contributed by atoms with Gasteiger partial charge in [0.15, 0.2) is 0 Å². The standard InChI is InChI=1S/C15H20N2O3/c1-12(2)10-14(18)17(9-7-15(19)20-3)11-13-6-4-5-8-16-13/h4-6,8,10H,7,9,11H2,1-3H3. The molecule has 0 aliphatic rings. The summed E-state index contributed by atoms with van der Waals surface area (Å²) in [6.07, 6.45) is 3.41. The molecule has 0 aliphatic heterocycles. The minimum Gasteiger partial charge on any atom is -0.469 e. The van der Waals surface area contributed by atoms with E-state index in [1.807, 2.05) is 32.0 Å².